The lowest BCUT2D eigenvalue weighted by Gasteiger charge is -2.15. The van der Waals surface area contributed by atoms with Crippen molar-refractivity contribution in [3.8, 4) is 5.75 Å². The summed E-state index contributed by atoms with van der Waals surface area (Å²) in [5.41, 5.74) is 0.561. The third-order valence-corrected chi connectivity index (χ3v) is 2.21. The molecule has 0 saturated heterocycles. The zero-order valence-corrected chi connectivity index (χ0v) is 8.96. The van der Waals surface area contributed by atoms with E-state index in [2.05, 4.69) is 5.32 Å². The molecule has 0 unspecified atom stereocenters. The number of aromatic hydroxyl groups is 1. The van der Waals surface area contributed by atoms with E-state index in [1.54, 1.807) is 7.11 Å². The molecule has 0 aliphatic carbocycles. The average molecular weight is 213 g/mol. The van der Waals surface area contributed by atoms with Gasteiger partial charge in [-0.05, 0) is 25.1 Å². The van der Waals surface area contributed by atoms with Crippen molar-refractivity contribution in [2.45, 2.75) is 13.0 Å². The van der Waals surface area contributed by atoms with Crippen LogP contribution in [0.3, 0.4) is 0 Å². The molecule has 0 spiro atoms. The molecular formula is C11H16FNO2. The predicted octanol–water partition coefficient (Wildman–Crippen LogP) is 1.83. The number of rotatable bonds is 5. The molecule has 0 saturated carbocycles. The van der Waals surface area contributed by atoms with Crippen molar-refractivity contribution in [3.63, 3.8) is 0 Å². The summed E-state index contributed by atoms with van der Waals surface area (Å²) in [4.78, 5) is 0. The summed E-state index contributed by atoms with van der Waals surface area (Å²) in [7, 11) is 1.62. The molecule has 1 aromatic rings. The molecule has 0 radical (unpaired) electrons. The van der Waals surface area contributed by atoms with E-state index in [1.807, 2.05) is 6.92 Å². The first-order valence-corrected chi connectivity index (χ1v) is 4.86. The number of nitrogens with one attached hydrogen (secondary N) is 1. The molecule has 0 aliphatic rings. The maximum atomic E-state index is 12.9. The molecule has 3 nitrogen and oxygen atoms in total. The third-order valence-electron chi connectivity index (χ3n) is 2.21. The van der Waals surface area contributed by atoms with Crippen molar-refractivity contribution in [2.24, 2.45) is 0 Å². The first-order chi connectivity index (χ1) is 7.15. The zero-order valence-electron chi connectivity index (χ0n) is 8.96. The van der Waals surface area contributed by atoms with E-state index in [0.717, 1.165) is 0 Å². The van der Waals surface area contributed by atoms with E-state index < -0.39 is 0 Å². The van der Waals surface area contributed by atoms with E-state index in [-0.39, 0.29) is 17.6 Å². The summed E-state index contributed by atoms with van der Waals surface area (Å²) < 4.78 is 17.8. The topological polar surface area (TPSA) is 41.5 Å². The number of phenolic OH excluding ortho intramolecular Hbond substituents is 1. The fraction of sp³-hybridized carbons (Fsp3) is 0.455. The largest absolute Gasteiger partial charge is 0.508 e. The highest BCUT2D eigenvalue weighted by atomic mass is 19.1. The Bertz CT molecular complexity index is 317. The van der Waals surface area contributed by atoms with Crippen LogP contribution in [0.2, 0.25) is 0 Å². The zero-order chi connectivity index (χ0) is 11.3. The number of benzene rings is 1. The minimum Gasteiger partial charge on any atom is -0.508 e. The Morgan fingerprint density at radius 1 is 1.53 bits per heavy atom. The van der Waals surface area contributed by atoms with E-state index in [1.165, 1.54) is 18.2 Å². The summed E-state index contributed by atoms with van der Waals surface area (Å²) in [6.45, 7) is 3.11. The van der Waals surface area contributed by atoms with Gasteiger partial charge in [-0.3, -0.25) is 0 Å². The minimum atomic E-state index is -0.344. The quantitative estimate of drug-likeness (QED) is 0.733. The lowest BCUT2D eigenvalue weighted by atomic mass is 10.1. The number of methoxy groups -OCH3 is 1. The molecule has 0 aromatic heterocycles. The first-order valence-electron chi connectivity index (χ1n) is 4.86. The van der Waals surface area contributed by atoms with Crippen LogP contribution in [0.15, 0.2) is 18.2 Å². The highest BCUT2D eigenvalue weighted by Gasteiger charge is 2.10. The molecule has 0 fully saturated rings. The van der Waals surface area contributed by atoms with Crippen LogP contribution in [0, 0.1) is 5.82 Å². The monoisotopic (exact) mass is 213 g/mol. The van der Waals surface area contributed by atoms with Gasteiger partial charge in [0.2, 0.25) is 0 Å². The molecule has 0 aliphatic heterocycles. The second kappa shape index (κ2) is 5.68. The Morgan fingerprint density at radius 3 is 2.93 bits per heavy atom. The van der Waals surface area contributed by atoms with Crippen molar-refractivity contribution < 1.29 is 14.2 Å². The second-order valence-electron chi connectivity index (χ2n) is 3.37. The van der Waals surface area contributed by atoms with Crippen LogP contribution < -0.4 is 5.32 Å². The molecule has 0 amide bonds. The van der Waals surface area contributed by atoms with Crippen LogP contribution in [-0.4, -0.2) is 25.4 Å². The summed E-state index contributed by atoms with van der Waals surface area (Å²) in [5.74, 6) is -0.239. The Hall–Kier alpha value is -1.13. The molecule has 0 heterocycles. The van der Waals surface area contributed by atoms with Crippen LogP contribution in [0.4, 0.5) is 4.39 Å². The van der Waals surface area contributed by atoms with E-state index >= 15 is 0 Å². The standard InChI is InChI=1S/C11H16FNO2/c1-8(13-5-6-15-2)10-7-9(12)3-4-11(10)14/h3-4,7-8,13-14H,5-6H2,1-2H3/t8-/m1/s1. The summed E-state index contributed by atoms with van der Waals surface area (Å²) in [6, 6.07) is 3.83. The van der Waals surface area contributed by atoms with E-state index in [0.29, 0.717) is 18.7 Å². The summed E-state index contributed by atoms with van der Waals surface area (Å²) in [5, 5.41) is 12.6. The van der Waals surface area contributed by atoms with Gasteiger partial charge in [0, 0.05) is 25.3 Å². The van der Waals surface area contributed by atoms with Gasteiger partial charge in [0.1, 0.15) is 11.6 Å². The molecule has 15 heavy (non-hydrogen) atoms. The van der Waals surface area contributed by atoms with Crippen molar-refractivity contribution in [1.29, 1.82) is 0 Å². The molecule has 1 aromatic carbocycles. The van der Waals surface area contributed by atoms with Gasteiger partial charge in [0.15, 0.2) is 0 Å². The van der Waals surface area contributed by atoms with Gasteiger partial charge < -0.3 is 15.2 Å². The third kappa shape index (κ3) is 3.49. The summed E-state index contributed by atoms with van der Waals surface area (Å²) >= 11 is 0. The summed E-state index contributed by atoms with van der Waals surface area (Å²) in [6.07, 6.45) is 0. The number of ether oxygens (including phenoxy) is 1. The van der Waals surface area contributed by atoms with Crippen LogP contribution in [0.1, 0.15) is 18.5 Å². The van der Waals surface area contributed by atoms with Gasteiger partial charge in [-0.15, -0.1) is 0 Å². The first kappa shape index (κ1) is 11.9. The molecule has 2 N–H and O–H groups in total. The Kier molecular flexibility index (Phi) is 4.52. The Labute approximate surface area is 88.9 Å². The SMILES string of the molecule is COCCN[C@H](C)c1cc(F)ccc1O. The van der Waals surface area contributed by atoms with Crippen LogP contribution in [0.25, 0.3) is 0 Å². The Balaban J connectivity index is 2.64. The fourth-order valence-electron chi connectivity index (χ4n) is 1.36. The minimum absolute atomic E-state index is 0.101. The normalized spacial score (nSPS) is 12.7. The second-order valence-corrected chi connectivity index (χ2v) is 3.37. The van der Waals surface area contributed by atoms with Gasteiger partial charge in [0.25, 0.3) is 0 Å². The van der Waals surface area contributed by atoms with Crippen molar-refractivity contribution in [2.75, 3.05) is 20.3 Å². The van der Waals surface area contributed by atoms with Gasteiger partial charge in [0.05, 0.1) is 6.61 Å². The highest BCUT2D eigenvalue weighted by molar-refractivity contribution is 5.34. The van der Waals surface area contributed by atoms with Crippen molar-refractivity contribution >= 4 is 0 Å². The molecule has 84 valence electrons. The van der Waals surface area contributed by atoms with Gasteiger partial charge in [-0.2, -0.15) is 0 Å². The fourth-order valence-corrected chi connectivity index (χ4v) is 1.36. The predicted molar refractivity (Wildman–Crippen MR) is 56.4 cm³/mol. The lowest BCUT2D eigenvalue weighted by molar-refractivity contribution is 0.196. The maximum Gasteiger partial charge on any atom is 0.123 e. The number of hydrogen-bond donors (Lipinski definition) is 2. The van der Waals surface area contributed by atoms with Crippen LogP contribution in [-0.2, 0) is 4.74 Å². The smallest absolute Gasteiger partial charge is 0.123 e. The average Bonchev–Trinajstić information content (AvgIpc) is 2.22. The van der Waals surface area contributed by atoms with Crippen LogP contribution in [0.5, 0.6) is 5.75 Å². The number of hydrogen-bond acceptors (Lipinski definition) is 3. The molecule has 1 rings (SSSR count). The Morgan fingerprint density at radius 2 is 2.27 bits per heavy atom. The van der Waals surface area contributed by atoms with E-state index in [4.69, 9.17) is 4.74 Å². The molecule has 0 bridgehead atoms. The lowest BCUT2D eigenvalue weighted by Crippen LogP contribution is -2.23. The number of phenols is 1. The van der Waals surface area contributed by atoms with Gasteiger partial charge in [-0.1, -0.05) is 0 Å². The molecular weight excluding hydrogens is 197 g/mol. The molecule has 4 heteroatoms. The van der Waals surface area contributed by atoms with Crippen molar-refractivity contribution in [1.82, 2.24) is 5.32 Å². The van der Waals surface area contributed by atoms with Gasteiger partial charge >= 0.3 is 0 Å². The van der Waals surface area contributed by atoms with Gasteiger partial charge in [-0.25, -0.2) is 4.39 Å². The van der Waals surface area contributed by atoms with E-state index in [9.17, 15) is 9.50 Å². The van der Waals surface area contributed by atoms with Crippen LogP contribution >= 0.6 is 0 Å². The molecule has 1 atom stereocenters. The number of halogens is 1. The van der Waals surface area contributed by atoms with Crippen molar-refractivity contribution in [3.05, 3.63) is 29.6 Å². The maximum absolute atomic E-state index is 12.9. The highest BCUT2D eigenvalue weighted by Crippen LogP contribution is 2.24.